The standard InChI is InChI=1S/C14H20N2O2/c1-3-15-8-10-16(11-9-15)14(17)7-6-13-5-4-12(2)18-13/h4-7H,3,8-11H2,1-2H3/b7-6+. The predicted octanol–water partition coefficient (Wildman–Crippen LogP) is 1.77. The fourth-order valence-electron chi connectivity index (χ4n) is 2.09. The molecule has 2 heterocycles. The van der Waals surface area contributed by atoms with Crippen molar-refractivity contribution in [3.8, 4) is 0 Å². The second-order valence-corrected chi connectivity index (χ2v) is 4.54. The van der Waals surface area contributed by atoms with Crippen molar-refractivity contribution in [1.82, 2.24) is 9.80 Å². The molecule has 1 amide bonds. The normalized spacial score (nSPS) is 17.6. The summed E-state index contributed by atoms with van der Waals surface area (Å²) in [6.45, 7) is 8.66. The van der Waals surface area contributed by atoms with Crippen LogP contribution in [0, 0.1) is 6.92 Å². The van der Waals surface area contributed by atoms with Crippen molar-refractivity contribution in [2.24, 2.45) is 0 Å². The van der Waals surface area contributed by atoms with Gasteiger partial charge in [-0.3, -0.25) is 4.79 Å². The number of likely N-dealkylation sites (N-methyl/N-ethyl adjacent to an activating group) is 1. The molecule has 0 saturated carbocycles. The van der Waals surface area contributed by atoms with E-state index in [4.69, 9.17) is 4.42 Å². The fourth-order valence-corrected chi connectivity index (χ4v) is 2.09. The molecule has 0 aliphatic carbocycles. The van der Waals surface area contributed by atoms with Crippen LogP contribution in [0.2, 0.25) is 0 Å². The van der Waals surface area contributed by atoms with Crippen LogP contribution in [-0.2, 0) is 4.79 Å². The minimum absolute atomic E-state index is 0.0693. The molecule has 1 aliphatic heterocycles. The lowest BCUT2D eigenvalue weighted by molar-refractivity contribution is -0.127. The van der Waals surface area contributed by atoms with Gasteiger partial charge in [-0.25, -0.2) is 0 Å². The van der Waals surface area contributed by atoms with Crippen LogP contribution in [0.3, 0.4) is 0 Å². The molecule has 0 N–H and O–H groups in total. The summed E-state index contributed by atoms with van der Waals surface area (Å²) < 4.78 is 5.39. The quantitative estimate of drug-likeness (QED) is 0.765. The van der Waals surface area contributed by atoms with Gasteiger partial charge < -0.3 is 14.2 Å². The lowest BCUT2D eigenvalue weighted by Crippen LogP contribution is -2.48. The Morgan fingerprint density at radius 3 is 2.61 bits per heavy atom. The Kier molecular flexibility index (Phi) is 4.20. The summed E-state index contributed by atoms with van der Waals surface area (Å²) >= 11 is 0. The molecule has 1 saturated heterocycles. The molecule has 4 nitrogen and oxygen atoms in total. The number of hydrogen-bond donors (Lipinski definition) is 0. The summed E-state index contributed by atoms with van der Waals surface area (Å²) in [7, 11) is 0. The molecule has 0 unspecified atom stereocenters. The third-order valence-corrected chi connectivity index (χ3v) is 3.28. The summed E-state index contributed by atoms with van der Waals surface area (Å²) in [6, 6.07) is 3.76. The average Bonchev–Trinajstić information content (AvgIpc) is 2.82. The van der Waals surface area contributed by atoms with Crippen molar-refractivity contribution in [1.29, 1.82) is 0 Å². The first kappa shape index (κ1) is 12.9. The second-order valence-electron chi connectivity index (χ2n) is 4.54. The molecule has 1 fully saturated rings. The Labute approximate surface area is 108 Å². The third-order valence-electron chi connectivity index (χ3n) is 3.28. The van der Waals surface area contributed by atoms with Crippen LogP contribution >= 0.6 is 0 Å². The zero-order valence-corrected chi connectivity index (χ0v) is 11.1. The summed E-state index contributed by atoms with van der Waals surface area (Å²) in [6.07, 6.45) is 3.33. The lowest BCUT2D eigenvalue weighted by atomic mass is 10.3. The molecule has 0 atom stereocenters. The first-order valence-electron chi connectivity index (χ1n) is 6.45. The van der Waals surface area contributed by atoms with Crippen LogP contribution in [0.15, 0.2) is 22.6 Å². The molecule has 0 bridgehead atoms. The lowest BCUT2D eigenvalue weighted by Gasteiger charge is -2.33. The highest BCUT2D eigenvalue weighted by molar-refractivity contribution is 5.91. The van der Waals surface area contributed by atoms with Gasteiger partial charge in [0.25, 0.3) is 0 Å². The molecule has 1 aliphatic rings. The van der Waals surface area contributed by atoms with E-state index in [1.165, 1.54) is 0 Å². The Balaban J connectivity index is 1.87. The minimum Gasteiger partial charge on any atom is -0.462 e. The number of carbonyl (C=O) groups excluding carboxylic acids is 1. The first-order chi connectivity index (χ1) is 8.69. The van der Waals surface area contributed by atoms with E-state index < -0.39 is 0 Å². The fraction of sp³-hybridized carbons (Fsp3) is 0.500. The molecule has 1 aromatic rings. The van der Waals surface area contributed by atoms with Gasteiger partial charge in [0.15, 0.2) is 0 Å². The van der Waals surface area contributed by atoms with Crippen LogP contribution in [0.1, 0.15) is 18.4 Å². The van der Waals surface area contributed by atoms with Crippen LogP contribution < -0.4 is 0 Å². The van der Waals surface area contributed by atoms with E-state index in [0.717, 1.165) is 44.2 Å². The Morgan fingerprint density at radius 1 is 1.33 bits per heavy atom. The van der Waals surface area contributed by atoms with Gasteiger partial charge in [0.1, 0.15) is 11.5 Å². The molecule has 4 heteroatoms. The molecule has 98 valence electrons. The van der Waals surface area contributed by atoms with Gasteiger partial charge >= 0.3 is 0 Å². The number of piperazine rings is 1. The van der Waals surface area contributed by atoms with Gasteiger partial charge in [-0.15, -0.1) is 0 Å². The number of furan rings is 1. The van der Waals surface area contributed by atoms with Crippen LogP contribution in [0.5, 0.6) is 0 Å². The summed E-state index contributed by atoms with van der Waals surface area (Å²) in [5.41, 5.74) is 0. The Morgan fingerprint density at radius 2 is 2.06 bits per heavy atom. The van der Waals surface area contributed by atoms with Crippen LogP contribution in [-0.4, -0.2) is 48.4 Å². The van der Waals surface area contributed by atoms with Crippen molar-refractivity contribution in [3.63, 3.8) is 0 Å². The average molecular weight is 248 g/mol. The maximum atomic E-state index is 12.0. The van der Waals surface area contributed by atoms with Gasteiger partial charge in [-0.2, -0.15) is 0 Å². The third kappa shape index (κ3) is 3.23. The van der Waals surface area contributed by atoms with E-state index in [-0.39, 0.29) is 5.91 Å². The largest absolute Gasteiger partial charge is 0.462 e. The van der Waals surface area contributed by atoms with Crippen molar-refractivity contribution in [2.75, 3.05) is 32.7 Å². The zero-order chi connectivity index (χ0) is 13.0. The van der Waals surface area contributed by atoms with Gasteiger partial charge in [0.05, 0.1) is 0 Å². The maximum Gasteiger partial charge on any atom is 0.246 e. The summed E-state index contributed by atoms with van der Waals surface area (Å²) in [4.78, 5) is 16.2. The molecular formula is C14H20N2O2. The monoisotopic (exact) mass is 248 g/mol. The minimum atomic E-state index is 0.0693. The highest BCUT2D eigenvalue weighted by atomic mass is 16.3. The number of carbonyl (C=O) groups is 1. The van der Waals surface area contributed by atoms with Gasteiger partial charge in [0.2, 0.25) is 5.91 Å². The highest BCUT2D eigenvalue weighted by Crippen LogP contribution is 2.09. The van der Waals surface area contributed by atoms with Gasteiger partial charge in [-0.1, -0.05) is 6.92 Å². The Hall–Kier alpha value is -1.55. The van der Waals surface area contributed by atoms with E-state index in [9.17, 15) is 4.79 Å². The number of nitrogens with zero attached hydrogens (tertiary/aromatic N) is 2. The molecule has 0 aromatic carbocycles. The molecule has 0 radical (unpaired) electrons. The molecule has 2 rings (SSSR count). The summed E-state index contributed by atoms with van der Waals surface area (Å²) in [5, 5.41) is 0. The number of hydrogen-bond acceptors (Lipinski definition) is 3. The van der Waals surface area contributed by atoms with Crippen molar-refractivity contribution < 1.29 is 9.21 Å². The van der Waals surface area contributed by atoms with Crippen molar-refractivity contribution in [2.45, 2.75) is 13.8 Å². The number of rotatable bonds is 3. The van der Waals surface area contributed by atoms with Crippen LogP contribution in [0.4, 0.5) is 0 Å². The smallest absolute Gasteiger partial charge is 0.246 e. The zero-order valence-electron chi connectivity index (χ0n) is 11.1. The number of aryl methyl sites for hydroxylation is 1. The SMILES string of the molecule is CCN1CCN(C(=O)/C=C/c2ccc(C)o2)CC1. The van der Waals surface area contributed by atoms with Crippen molar-refractivity contribution in [3.05, 3.63) is 29.7 Å². The molecular weight excluding hydrogens is 228 g/mol. The van der Waals surface area contributed by atoms with E-state index in [1.54, 1.807) is 12.2 Å². The van der Waals surface area contributed by atoms with Crippen LogP contribution in [0.25, 0.3) is 6.08 Å². The second kappa shape index (κ2) is 5.87. The van der Waals surface area contributed by atoms with E-state index in [1.807, 2.05) is 24.0 Å². The molecule has 18 heavy (non-hydrogen) atoms. The topological polar surface area (TPSA) is 36.7 Å². The van der Waals surface area contributed by atoms with Crippen molar-refractivity contribution >= 4 is 12.0 Å². The summed E-state index contributed by atoms with van der Waals surface area (Å²) in [5.74, 6) is 1.66. The van der Waals surface area contributed by atoms with Gasteiger partial charge in [-0.05, 0) is 31.7 Å². The first-order valence-corrected chi connectivity index (χ1v) is 6.45. The Bertz CT molecular complexity index is 429. The highest BCUT2D eigenvalue weighted by Gasteiger charge is 2.18. The van der Waals surface area contributed by atoms with E-state index in [2.05, 4.69) is 11.8 Å². The number of amides is 1. The van der Waals surface area contributed by atoms with E-state index >= 15 is 0 Å². The molecule has 1 aromatic heterocycles. The predicted molar refractivity (Wildman–Crippen MR) is 71.2 cm³/mol. The van der Waals surface area contributed by atoms with Gasteiger partial charge in [0, 0.05) is 32.3 Å². The van der Waals surface area contributed by atoms with E-state index in [0.29, 0.717) is 0 Å². The maximum absolute atomic E-state index is 12.0. The molecule has 0 spiro atoms.